The van der Waals surface area contributed by atoms with E-state index in [0.717, 1.165) is 6.42 Å². The molecule has 5 N–H and O–H groups in total. The molecule has 1 aromatic rings. The maximum atomic E-state index is 11.6. The smallest absolute Gasteiger partial charge is 0.255 e. The van der Waals surface area contributed by atoms with Crippen molar-refractivity contribution in [3.8, 4) is 0 Å². The number of nitrogens with one attached hydrogen (secondary N) is 2. The van der Waals surface area contributed by atoms with Gasteiger partial charge in [0.1, 0.15) is 0 Å². The molecular weight excluding hydrogens is 210 g/mol. The Labute approximate surface area is 92.7 Å². The zero-order valence-corrected chi connectivity index (χ0v) is 8.97. The van der Waals surface area contributed by atoms with E-state index in [0.29, 0.717) is 12.0 Å². The fourth-order valence-corrected chi connectivity index (χ4v) is 1.27. The lowest BCUT2D eigenvalue weighted by molar-refractivity contribution is 0.0945. The minimum atomic E-state index is -0.461. The van der Waals surface area contributed by atoms with Gasteiger partial charge < -0.3 is 16.3 Å². The molecule has 0 saturated carbocycles. The van der Waals surface area contributed by atoms with Crippen LogP contribution >= 0.6 is 0 Å². The first-order valence-electron chi connectivity index (χ1n) is 4.96. The average Bonchev–Trinajstić information content (AvgIpc) is 2.80. The lowest BCUT2D eigenvalue weighted by atomic mass is 10.1. The Kier molecular flexibility index (Phi) is 4.31. The second-order valence-corrected chi connectivity index (χ2v) is 3.33. The van der Waals surface area contributed by atoms with Crippen molar-refractivity contribution in [3.05, 3.63) is 18.0 Å². The Morgan fingerprint density at radius 3 is 3.06 bits per heavy atom. The quantitative estimate of drug-likeness (QED) is 0.245. The molecule has 1 heterocycles. The molecule has 0 aliphatic heterocycles. The molecular formula is C9H15N5O2. The molecule has 1 unspecified atom stereocenters. The molecule has 1 rings (SSSR count). The van der Waals surface area contributed by atoms with Gasteiger partial charge in [0.15, 0.2) is 5.84 Å². The number of nitrogens with two attached hydrogens (primary N) is 1. The van der Waals surface area contributed by atoms with Crippen molar-refractivity contribution in [1.29, 1.82) is 0 Å². The molecule has 0 aliphatic rings. The van der Waals surface area contributed by atoms with Gasteiger partial charge >= 0.3 is 0 Å². The van der Waals surface area contributed by atoms with Crippen molar-refractivity contribution in [2.24, 2.45) is 10.9 Å². The number of hydrogen-bond donors (Lipinski definition) is 4. The molecule has 7 heteroatoms. The summed E-state index contributed by atoms with van der Waals surface area (Å²) in [5, 5.41) is 20.3. The van der Waals surface area contributed by atoms with Gasteiger partial charge in [-0.2, -0.15) is 5.10 Å². The number of rotatable bonds is 5. The van der Waals surface area contributed by atoms with Gasteiger partial charge in [0.2, 0.25) is 0 Å². The summed E-state index contributed by atoms with van der Waals surface area (Å²) < 4.78 is 0. The van der Waals surface area contributed by atoms with Crippen LogP contribution in [0, 0.1) is 0 Å². The molecule has 0 fully saturated rings. The van der Waals surface area contributed by atoms with E-state index < -0.39 is 6.04 Å². The standard InChI is InChI=1S/C9H15N5O2/c1-2-3-7(8(10)14-16)13-9(15)6-4-11-12-5-6/h4-5,7,16H,2-3H2,1H3,(H2,10,14)(H,11,12)(H,13,15). The molecule has 7 nitrogen and oxygen atoms in total. The van der Waals surface area contributed by atoms with E-state index in [1.807, 2.05) is 6.92 Å². The summed E-state index contributed by atoms with van der Waals surface area (Å²) >= 11 is 0. The highest BCUT2D eigenvalue weighted by molar-refractivity contribution is 5.97. The first kappa shape index (κ1) is 12.0. The van der Waals surface area contributed by atoms with E-state index in [9.17, 15) is 4.79 Å². The first-order valence-corrected chi connectivity index (χ1v) is 4.96. The summed E-state index contributed by atoms with van der Waals surface area (Å²) in [6, 6.07) is -0.461. The zero-order chi connectivity index (χ0) is 12.0. The Morgan fingerprint density at radius 1 is 1.81 bits per heavy atom. The van der Waals surface area contributed by atoms with E-state index in [4.69, 9.17) is 10.9 Å². The highest BCUT2D eigenvalue weighted by Crippen LogP contribution is 2.00. The van der Waals surface area contributed by atoms with Crippen molar-refractivity contribution in [2.75, 3.05) is 0 Å². The average molecular weight is 225 g/mol. The van der Waals surface area contributed by atoms with Crippen molar-refractivity contribution in [1.82, 2.24) is 15.5 Å². The number of carbonyl (C=O) groups excluding carboxylic acids is 1. The van der Waals surface area contributed by atoms with E-state index in [2.05, 4.69) is 20.7 Å². The van der Waals surface area contributed by atoms with Crippen molar-refractivity contribution >= 4 is 11.7 Å². The molecule has 0 aliphatic carbocycles. The maximum Gasteiger partial charge on any atom is 0.255 e. The Bertz CT molecular complexity index is 360. The van der Waals surface area contributed by atoms with Gasteiger partial charge in [-0.25, -0.2) is 0 Å². The summed E-state index contributed by atoms with van der Waals surface area (Å²) in [6.07, 6.45) is 4.31. The van der Waals surface area contributed by atoms with Crippen LogP contribution in [0.2, 0.25) is 0 Å². The van der Waals surface area contributed by atoms with Gasteiger partial charge in [0.05, 0.1) is 17.8 Å². The number of aromatic nitrogens is 2. The predicted octanol–water partition coefficient (Wildman–Crippen LogP) is 0.0546. The number of nitrogens with zero attached hydrogens (tertiary/aromatic N) is 2. The minimum absolute atomic E-state index is 0.00121. The normalized spacial score (nSPS) is 13.4. The number of amides is 1. The van der Waals surface area contributed by atoms with Gasteiger partial charge in [-0.3, -0.25) is 9.89 Å². The number of oxime groups is 1. The maximum absolute atomic E-state index is 11.6. The van der Waals surface area contributed by atoms with Crippen molar-refractivity contribution in [2.45, 2.75) is 25.8 Å². The number of H-pyrrole nitrogens is 1. The van der Waals surface area contributed by atoms with Crippen molar-refractivity contribution in [3.63, 3.8) is 0 Å². The fraction of sp³-hybridized carbons (Fsp3) is 0.444. The summed E-state index contributed by atoms with van der Waals surface area (Å²) in [5.41, 5.74) is 5.88. The monoisotopic (exact) mass is 225 g/mol. The van der Waals surface area contributed by atoms with Crippen LogP contribution in [0.1, 0.15) is 30.1 Å². The Morgan fingerprint density at radius 2 is 2.56 bits per heavy atom. The van der Waals surface area contributed by atoms with Crippen LogP contribution in [-0.4, -0.2) is 33.2 Å². The largest absolute Gasteiger partial charge is 0.409 e. The van der Waals surface area contributed by atoms with Gasteiger partial charge in [-0.15, -0.1) is 0 Å². The number of carbonyl (C=O) groups is 1. The molecule has 0 saturated heterocycles. The van der Waals surface area contributed by atoms with Crippen molar-refractivity contribution < 1.29 is 10.0 Å². The second-order valence-electron chi connectivity index (χ2n) is 3.33. The van der Waals surface area contributed by atoms with E-state index >= 15 is 0 Å². The highest BCUT2D eigenvalue weighted by atomic mass is 16.4. The van der Waals surface area contributed by atoms with Crippen LogP contribution in [0.15, 0.2) is 17.5 Å². The molecule has 0 radical (unpaired) electrons. The van der Waals surface area contributed by atoms with Gasteiger partial charge in [0.25, 0.3) is 5.91 Å². The van der Waals surface area contributed by atoms with Crippen LogP contribution in [0.4, 0.5) is 0 Å². The molecule has 88 valence electrons. The molecule has 1 atom stereocenters. The second kappa shape index (κ2) is 5.74. The number of amidine groups is 1. The minimum Gasteiger partial charge on any atom is -0.409 e. The third-order valence-electron chi connectivity index (χ3n) is 2.12. The van der Waals surface area contributed by atoms with E-state index in [1.54, 1.807) is 0 Å². The highest BCUT2D eigenvalue weighted by Gasteiger charge is 2.17. The Hall–Kier alpha value is -2.05. The zero-order valence-electron chi connectivity index (χ0n) is 8.97. The summed E-state index contributed by atoms with van der Waals surface area (Å²) in [5.74, 6) is -0.308. The van der Waals surface area contributed by atoms with E-state index in [1.165, 1.54) is 12.4 Å². The van der Waals surface area contributed by atoms with Gasteiger partial charge in [-0.05, 0) is 6.42 Å². The van der Waals surface area contributed by atoms with Gasteiger partial charge in [-0.1, -0.05) is 18.5 Å². The lowest BCUT2D eigenvalue weighted by Gasteiger charge is -2.15. The van der Waals surface area contributed by atoms with Crippen LogP contribution in [0.25, 0.3) is 0 Å². The van der Waals surface area contributed by atoms with Crippen LogP contribution in [0.3, 0.4) is 0 Å². The topological polar surface area (TPSA) is 116 Å². The SMILES string of the molecule is CCCC(NC(=O)c1cn[nH]c1)C(N)=NO. The van der Waals surface area contributed by atoms with Crippen LogP contribution in [0.5, 0.6) is 0 Å². The lowest BCUT2D eigenvalue weighted by Crippen LogP contribution is -2.44. The van der Waals surface area contributed by atoms with Gasteiger partial charge in [0, 0.05) is 6.20 Å². The predicted molar refractivity (Wildman–Crippen MR) is 58.2 cm³/mol. The molecule has 0 bridgehead atoms. The molecule has 1 amide bonds. The number of aromatic amines is 1. The summed E-state index contributed by atoms with van der Waals surface area (Å²) in [6.45, 7) is 1.95. The Balaban J connectivity index is 2.65. The van der Waals surface area contributed by atoms with Crippen LogP contribution in [-0.2, 0) is 0 Å². The third kappa shape index (κ3) is 2.97. The summed E-state index contributed by atoms with van der Waals surface area (Å²) in [4.78, 5) is 11.6. The third-order valence-corrected chi connectivity index (χ3v) is 2.12. The number of hydrogen-bond acceptors (Lipinski definition) is 4. The molecule has 16 heavy (non-hydrogen) atoms. The fourth-order valence-electron chi connectivity index (χ4n) is 1.27. The summed E-state index contributed by atoms with van der Waals surface area (Å²) in [7, 11) is 0. The molecule has 1 aromatic heterocycles. The van der Waals surface area contributed by atoms with E-state index in [-0.39, 0.29) is 11.7 Å². The van der Waals surface area contributed by atoms with Crippen LogP contribution < -0.4 is 11.1 Å². The molecule has 0 spiro atoms. The first-order chi connectivity index (χ1) is 7.69. The molecule has 0 aromatic carbocycles.